The number of amides is 1. The zero-order chi connectivity index (χ0) is 8.48. The van der Waals surface area contributed by atoms with Crippen molar-refractivity contribution in [2.24, 2.45) is 5.73 Å². The Hall–Kier alpha value is -1.34. The van der Waals surface area contributed by atoms with E-state index in [2.05, 4.69) is 11.9 Å². The molecule has 1 fully saturated rings. The summed E-state index contributed by atoms with van der Waals surface area (Å²) >= 11 is 0. The fourth-order valence-corrected chi connectivity index (χ4v) is 0.612. The Labute approximate surface area is 64.7 Å². The van der Waals surface area contributed by atoms with Crippen LogP contribution < -0.4 is 11.1 Å². The number of nitrogens with zero attached hydrogens (tertiary/aromatic N) is 1. The highest BCUT2D eigenvalue weighted by Crippen LogP contribution is 2.28. The van der Waals surface area contributed by atoms with Crippen molar-refractivity contribution < 1.29 is 4.79 Å². The second-order valence-corrected chi connectivity index (χ2v) is 2.70. The topological polar surface area (TPSA) is 78.9 Å². The monoisotopic (exact) mass is 151 g/mol. The summed E-state index contributed by atoms with van der Waals surface area (Å²) in [5.74, 6) is -0.465. The average molecular weight is 151 g/mol. The molecule has 3 N–H and O–H groups in total. The summed E-state index contributed by atoms with van der Waals surface area (Å²) < 4.78 is 0. The van der Waals surface area contributed by atoms with Crippen LogP contribution in [0.5, 0.6) is 0 Å². The Bertz CT molecular complexity index is 247. The van der Waals surface area contributed by atoms with Gasteiger partial charge >= 0.3 is 0 Å². The molecule has 0 radical (unpaired) electrons. The molecule has 58 valence electrons. The summed E-state index contributed by atoms with van der Waals surface area (Å²) in [5.41, 5.74) is 4.90. The van der Waals surface area contributed by atoms with Crippen LogP contribution in [0.1, 0.15) is 12.8 Å². The largest absolute Gasteiger partial charge is 0.334 e. The van der Waals surface area contributed by atoms with Crippen molar-refractivity contribution in [1.29, 1.82) is 5.26 Å². The lowest BCUT2D eigenvalue weighted by Crippen LogP contribution is -2.44. The molecule has 0 spiro atoms. The SMILES string of the molecule is C=C(C#N)C(=O)NC1(N)CC1. The Morgan fingerprint density at radius 3 is 2.64 bits per heavy atom. The fourth-order valence-electron chi connectivity index (χ4n) is 0.612. The third-order valence-electron chi connectivity index (χ3n) is 1.56. The van der Waals surface area contributed by atoms with E-state index in [9.17, 15) is 4.79 Å². The molecular weight excluding hydrogens is 142 g/mol. The molecule has 4 heteroatoms. The normalized spacial score (nSPS) is 18.2. The predicted octanol–water partition coefficient (Wildman–Crippen LogP) is -0.369. The molecule has 0 heterocycles. The second kappa shape index (κ2) is 2.36. The molecule has 0 aromatic rings. The van der Waals surface area contributed by atoms with E-state index >= 15 is 0 Å². The molecule has 0 aromatic carbocycles. The van der Waals surface area contributed by atoms with Gasteiger partial charge in [-0.25, -0.2) is 0 Å². The molecule has 0 bridgehead atoms. The van der Waals surface area contributed by atoms with Crippen LogP contribution in [0.3, 0.4) is 0 Å². The maximum Gasteiger partial charge on any atom is 0.262 e. The Morgan fingerprint density at radius 2 is 2.27 bits per heavy atom. The summed E-state index contributed by atoms with van der Waals surface area (Å²) in [6.07, 6.45) is 1.55. The molecule has 11 heavy (non-hydrogen) atoms. The van der Waals surface area contributed by atoms with E-state index in [4.69, 9.17) is 11.0 Å². The van der Waals surface area contributed by atoms with Crippen molar-refractivity contribution in [2.45, 2.75) is 18.5 Å². The lowest BCUT2D eigenvalue weighted by molar-refractivity contribution is -0.117. The van der Waals surface area contributed by atoms with Gasteiger partial charge in [-0.05, 0) is 12.8 Å². The summed E-state index contributed by atoms with van der Waals surface area (Å²) in [6, 6.07) is 1.65. The van der Waals surface area contributed by atoms with Gasteiger partial charge in [0.25, 0.3) is 5.91 Å². The van der Waals surface area contributed by atoms with Gasteiger partial charge in [-0.15, -0.1) is 0 Å². The lowest BCUT2D eigenvalue weighted by atomic mass is 10.3. The van der Waals surface area contributed by atoms with Crippen LogP contribution in [-0.4, -0.2) is 11.6 Å². The average Bonchev–Trinajstić information content (AvgIpc) is 2.66. The second-order valence-electron chi connectivity index (χ2n) is 2.70. The Morgan fingerprint density at radius 1 is 1.73 bits per heavy atom. The molecular formula is C7H9N3O. The van der Waals surface area contributed by atoms with Crippen LogP contribution in [0, 0.1) is 11.3 Å². The molecule has 0 aromatic heterocycles. The Kier molecular flexibility index (Phi) is 1.67. The van der Waals surface area contributed by atoms with Crippen LogP contribution in [0.2, 0.25) is 0 Å². The number of hydrogen-bond donors (Lipinski definition) is 2. The first-order valence-electron chi connectivity index (χ1n) is 3.28. The number of carbonyl (C=O) groups excluding carboxylic acids is 1. The number of nitrogens with two attached hydrogens (primary N) is 1. The number of carbonyl (C=O) groups is 1. The molecule has 1 rings (SSSR count). The van der Waals surface area contributed by atoms with Crippen LogP contribution >= 0.6 is 0 Å². The summed E-state index contributed by atoms with van der Waals surface area (Å²) in [6.45, 7) is 3.26. The number of hydrogen-bond acceptors (Lipinski definition) is 3. The molecule has 0 atom stereocenters. The van der Waals surface area contributed by atoms with Gasteiger partial charge in [0.2, 0.25) is 0 Å². The maximum absolute atomic E-state index is 10.9. The van der Waals surface area contributed by atoms with E-state index in [0.717, 1.165) is 12.8 Å². The molecule has 0 aliphatic heterocycles. The van der Waals surface area contributed by atoms with E-state index < -0.39 is 11.6 Å². The van der Waals surface area contributed by atoms with Gasteiger partial charge in [0.05, 0.1) is 5.66 Å². The van der Waals surface area contributed by atoms with Gasteiger partial charge in [0.15, 0.2) is 0 Å². The standard InChI is InChI=1S/C7H9N3O/c1-5(4-8)6(11)10-7(9)2-3-7/h1-3,9H2,(H,10,11). The first-order valence-corrected chi connectivity index (χ1v) is 3.28. The fraction of sp³-hybridized carbons (Fsp3) is 0.429. The zero-order valence-corrected chi connectivity index (χ0v) is 6.05. The van der Waals surface area contributed by atoms with Crippen LogP contribution in [0.15, 0.2) is 12.2 Å². The van der Waals surface area contributed by atoms with Crippen LogP contribution in [0.4, 0.5) is 0 Å². The molecule has 1 saturated carbocycles. The quantitative estimate of drug-likeness (QED) is 0.321. The van der Waals surface area contributed by atoms with Crippen molar-refractivity contribution in [1.82, 2.24) is 5.32 Å². The van der Waals surface area contributed by atoms with Gasteiger partial charge in [-0.2, -0.15) is 5.26 Å². The molecule has 1 aliphatic carbocycles. The van der Waals surface area contributed by atoms with E-state index in [1.807, 2.05) is 0 Å². The summed E-state index contributed by atoms with van der Waals surface area (Å²) in [7, 11) is 0. The molecule has 1 aliphatic rings. The zero-order valence-electron chi connectivity index (χ0n) is 6.05. The minimum atomic E-state index is -0.559. The van der Waals surface area contributed by atoms with Crippen LogP contribution in [0.25, 0.3) is 0 Å². The van der Waals surface area contributed by atoms with E-state index in [1.54, 1.807) is 6.07 Å². The van der Waals surface area contributed by atoms with Gasteiger partial charge < -0.3 is 11.1 Å². The third-order valence-corrected chi connectivity index (χ3v) is 1.56. The Balaban J connectivity index is 2.45. The first kappa shape index (κ1) is 7.76. The minimum absolute atomic E-state index is 0.0956. The van der Waals surface area contributed by atoms with Crippen molar-refractivity contribution >= 4 is 5.91 Å². The van der Waals surface area contributed by atoms with E-state index in [-0.39, 0.29) is 5.57 Å². The third kappa shape index (κ3) is 1.79. The predicted molar refractivity (Wildman–Crippen MR) is 39.0 cm³/mol. The summed E-state index contributed by atoms with van der Waals surface area (Å²) in [5, 5.41) is 10.8. The van der Waals surface area contributed by atoms with E-state index in [1.165, 1.54) is 0 Å². The van der Waals surface area contributed by atoms with Crippen molar-refractivity contribution in [3.8, 4) is 6.07 Å². The highest BCUT2D eigenvalue weighted by molar-refractivity contribution is 5.97. The number of rotatable bonds is 2. The first-order chi connectivity index (χ1) is 5.07. The van der Waals surface area contributed by atoms with Crippen molar-refractivity contribution in [2.75, 3.05) is 0 Å². The molecule has 0 unspecified atom stereocenters. The number of nitriles is 1. The number of nitrogens with one attached hydrogen (secondary N) is 1. The van der Waals surface area contributed by atoms with Crippen LogP contribution in [-0.2, 0) is 4.79 Å². The molecule has 1 amide bonds. The highest BCUT2D eigenvalue weighted by atomic mass is 16.2. The summed E-state index contributed by atoms with van der Waals surface area (Å²) in [4.78, 5) is 10.9. The van der Waals surface area contributed by atoms with Crippen molar-refractivity contribution in [3.63, 3.8) is 0 Å². The van der Waals surface area contributed by atoms with Crippen molar-refractivity contribution in [3.05, 3.63) is 12.2 Å². The minimum Gasteiger partial charge on any atom is -0.334 e. The van der Waals surface area contributed by atoms with Gasteiger partial charge in [-0.1, -0.05) is 6.58 Å². The lowest BCUT2D eigenvalue weighted by Gasteiger charge is -2.09. The van der Waals surface area contributed by atoms with Gasteiger partial charge in [0.1, 0.15) is 11.6 Å². The van der Waals surface area contributed by atoms with Gasteiger partial charge in [-0.3, -0.25) is 4.79 Å². The van der Waals surface area contributed by atoms with E-state index in [0.29, 0.717) is 0 Å². The van der Waals surface area contributed by atoms with Gasteiger partial charge in [0, 0.05) is 0 Å². The molecule has 0 saturated heterocycles. The maximum atomic E-state index is 10.9. The smallest absolute Gasteiger partial charge is 0.262 e. The molecule has 4 nitrogen and oxygen atoms in total. The highest BCUT2D eigenvalue weighted by Gasteiger charge is 2.39.